The molecular formula is C11H15BrN4O2. The molecule has 0 bridgehead atoms. The van der Waals surface area contributed by atoms with Gasteiger partial charge in [0.2, 0.25) is 0 Å². The summed E-state index contributed by atoms with van der Waals surface area (Å²) in [6, 6.07) is 1.47. The summed E-state index contributed by atoms with van der Waals surface area (Å²) in [5, 5.41) is 17.2. The van der Waals surface area contributed by atoms with Crippen LogP contribution in [0.4, 0.5) is 11.5 Å². The van der Waals surface area contributed by atoms with Crippen molar-refractivity contribution in [2.75, 3.05) is 25.0 Å². The second-order valence-electron chi connectivity index (χ2n) is 4.37. The first kappa shape index (κ1) is 13.2. The second-order valence-corrected chi connectivity index (χ2v) is 5.23. The molecule has 0 radical (unpaired) electrons. The normalized spacial score (nSPS) is 19.5. The van der Waals surface area contributed by atoms with E-state index < -0.39 is 4.92 Å². The molecule has 1 atom stereocenters. The van der Waals surface area contributed by atoms with Gasteiger partial charge in [0.15, 0.2) is 0 Å². The van der Waals surface area contributed by atoms with E-state index in [0.717, 1.165) is 19.6 Å². The fraction of sp³-hybridized carbons (Fsp3) is 0.545. The van der Waals surface area contributed by atoms with Gasteiger partial charge in [-0.15, -0.1) is 0 Å². The molecule has 0 spiro atoms. The smallest absolute Gasteiger partial charge is 0.288 e. The summed E-state index contributed by atoms with van der Waals surface area (Å²) < 4.78 is 0.625. The predicted molar refractivity (Wildman–Crippen MR) is 72.7 cm³/mol. The van der Waals surface area contributed by atoms with Crippen LogP contribution in [0.1, 0.15) is 12.8 Å². The zero-order chi connectivity index (χ0) is 13.0. The lowest BCUT2D eigenvalue weighted by molar-refractivity contribution is -0.385. The summed E-state index contributed by atoms with van der Waals surface area (Å²) in [6.45, 7) is 2.93. The number of aromatic nitrogens is 1. The highest BCUT2D eigenvalue weighted by atomic mass is 79.9. The molecule has 1 aliphatic rings. The molecule has 1 saturated heterocycles. The molecule has 18 heavy (non-hydrogen) atoms. The van der Waals surface area contributed by atoms with Gasteiger partial charge in [0, 0.05) is 12.6 Å². The first-order valence-electron chi connectivity index (χ1n) is 5.91. The van der Waals surface area contributed by atoms with Gasteiger partial charge in [0.1, 0.15) is 12.0 Å². The summed E-state index contributed by atoms with van der Waals surface area (Å²) in [6.07, 6.45) is 3.66. The van der Waals surface area contributed by atoms with E-state index in [4.69, 9.17) is 0 Å². The van der Waals surface area contributed by atoms with Crippen molar-refractivity contribution in [1.82, 2.24) is 10.3 Å². The maximum Gasteiger partial charge on any atom is 0.288 e. The van der Waals surface area contributed by atoms with E-state index in [9.17, 15) is 10.1 Å². The number of piperidine rings is 1. The van der Waals surface area contributed by atoms with Gasteiger partial charge in [0.25, 0.3) is 5.69 Å². The van der Waals surface area contributed by atoms with Crippen molar-refractivity contribution < 1.29 is 4.92 Å². The lowest BCUT2D eigenvalue weighted by Crippen LogP contribution is -2.33. The molecule has 98 valence electrons. The van der Waals surface area contributed by atoms with Crippen LogP contribution in [0.3, 0.4) is 0 Å². The third-order valence-electron chi connectivity index (χ3n) is 2.99. The molecule has 1 fully saturated rings. The van der Waals surface area contributed by atoms with Gasteiger partial charge in [-0.3, -0.25) is 10.1 Å². The fourth-order valence-corrected chi connectivity index (χ4v) is 2.47. The van der Waals surface area contributed by atoms with E-state index in [1.54, 1.807) is 0 Å². The molecule has 2 N–H and O–H groups in total. The van der Waals surface area contributed by atoms with Crippen LogP contribution in [0.15, 0.2) is 16.7 Å². The Kier molecular flexibility index (Phi) is 4.48. The van der Waals surface area contributed by atoms with E-state index in [1.165, 1.54) is 25.1 Å². The summed E-state index contributed by atoms with van der Waals surface area (Å²) in [7, 11) is 0. The van der Waals surface area contributed by atoms with Crippen LogP contribution in [0, 0.1) is 16.0 Å². The highest BCUT2D eigenvalue weighted by Gasteiger charge is 2.14. The Morgan fingerprint density at radius 3 is 3.11 bits per heavy atom. The zero-order valence-electron chi connectivity index (χ0n) is 9.86. The van der Waals surface area contributed by atoms with Crippen molar-refractivity contribution in [2.45, 2.75) is 12.8 Å². The van der Waals surface area contributed by atoms with Crippen LogP contribution in [-0.2, 0) is 0 Å². The lowest BCUT2D eigenvalue weighted by atomic mass is 10.00. The van der Waals surface area contributed by atoms with Gasteiger partial charge in [-0.2, -0.15) is 0 Å². The maximum atomic E-state index is 10.6. The van der Waals surface area contributed by atoms with Crippen molar-refractivity contribution >= 4 is 27.4 Å². The third kappa shape index (κ3) is 3.39. The molecule has 2 rings (SSSR count). The van der Waals surface area contributed by atoms with Crippen LogP contribution >= 0.6 is 15.9 Å². The molecule has 1 aliphatic heterocycles. The number of hydrogen-bond acceptors (Lipinski definition) is 5. The Morgan fingerprint density at radius 1 is 1.67 bits per heavy atom. The minimum Gasteiger partial charge on any atom is -0.369 e. The summed E-state index contributed by atoms with van der Waals surface area (Å²) in [5.41, 5.74) is -0.00763. The Hall–Kier alpha value is -1.21. The number of halogens is 1. The predicted octanol–water partition coefficient (Wildman–Crippen LogP) is 2.16. The van der Waals surface area contributed by atoms with E-state index in [-0.39, 0.29) is 5.69 Å². The monoisotopic (exact) mass is 314 g/mol. The van der Waals surface area contributed by atoms with Gasteiger partial charge in [-0.05, 0) is 47.8 Å². The highest BCUT2D eigenvalue weighted by Crippen LogP contribution is 2.24. The first-order valence-corrected chi connectivity index (χ1v) is 6.70. The number of rotatable bonds is 4. The van der Waals surface area contributed by atoms with E-state index in [0.29, 0.717) is 16.2 Å². The quantitative estimate of drug-likeness (QED) is 0.657. The average molecular weight is 315 g/mol. The number of anilines is 1. The van der Waals surface area contributed by atoms with Crippen molar-refractivity contribution in [3.63, 3.8) is 0 Å². The van der Waals surface area contributed by atoms with Crippen LogP contribution < -0.4 is 10.6 Å². The first-order chi connectivity index (χ1) is 8.66. The molecule has 1 aromatic heterocycles. The Morgan fingerprint density at radius 2 is 2.50 bits per heavy atom. The van der Waals surface area contributed by atoms with Crippen molar-refractivity contribution in [1.29, 1.82) is 0 Å². The number of nitro groups is 1. The standard InChI is InChI=1S/C11H15BrN4O2/c12-10-4-9(16(17)18)7-15-11(10)14-6-8-2-1-3-13-5-8/h4,7-8,13H,1-3,5-6H2,(H,14,15). The number of nitrogens with one attached hydrogen (secondary N) is 2. The van der Waals surface area contributed by atoms with Gasteiger partial charge in [0.05, 0.1) is 9.40 Å². The molecular weight excluding hydrogens is 300 g/mol. The SMILES string of the molecule is O=[N+]([O-])c1cnc(NCC2CCCNC2)c(Br)c1. The third-order valence-corrected chi connectivity index (χ3v) is 3.60. The lowest BCUT2D eigenvalue weighted by Gasteiger charge is -2.23. The summed E-state index contributed by atoms with van der Waals surface area (Å²) in [4.78, 5) is 14.2. The molecule has 0 aromatic carbocycles. The number of pyridine rings is 1. The van der Waals surface area contributed by atoms with Crippen LogP contribution in [0.5, 0.6) is 0 Å². The highest BCUT2D eigenvalue weighted by molar-refractivity contribution is 9.10. The summed E-state index contributed by atoms with van der Waals surface area (Å²) in [5.74, 6) is 1.24. The largest absolute Gasteiger partial charge is 0.369 e. The molecule has 6 nitrogen and oxygen atoms in total. The van der Waals surface area contributed by atoms with Crippen LogP contribution in [0.25, 0.3) is 0 Å². The molecule has 0 aliphatic carbocycles. The fourth-order valence-electron chi connectivity index (χ4n) is 2.00. The van der Waals surface area contributed by atoms with Gasteiger partial charge >= 0.3 is 0 Å². The van der Waals surface area contributed by atoms with E-state index >= 15 is 0 Å². The molecule has 0 saturated carbocycles. The van der Waals surface area contributed by atoms with Crippen molar-refractivity contribution in [2.24, 2.45) is 5.92 Å². The number of hydrogen-bond donors (Lipinski definition) is 2. The molecule has 1 unspecified atom stereocenters. The van der Waals surface area contributed by atoms with Crippen LogP contribution in [-0.4, -0.2) is 29.5 Å². The van der Waals surface area contributed by atoms with Crippen molar-refractivity contribution in [3.8, 4) is 0 Å². The van der Waals surface area contributed by atoms with Crippen molar-refractivity contribution in [3.05, 3.63) is 26.9 Å². The molecule has 2 heterocycles. The molecule has 7 heteroatoms. The average Bonchev–Trinajstić information content (AvgIpc) is 2.38. The Labute approximate surface area is 113 Å². The van der Waals surface area contributed by atoms with E-state index in [2.05, 4.69) is 31.5 Å². The Balaban J connectivity index is 1.94. The zero-order valence-corrected chi connectivity index (χ0v) is 11.4. The molecule has 0 amide bonds. The van der Waals surface area contributed by atoms with E-state index in [1.807, 2.05) is 0 Å². The molecule has 1 aromatic rings. The number of nitrogens with zero attached hydrogens (tertiary/aromatic N) is 2. The van der Waals surface area contributed by atoms with Crippen LogP contribution in [0.2, 0.25) is 0 Å². The summed E-state index contributed by atoms with van der Waals surface area (Å²) >= 11 is 3.30. The minimum absolute atomic E-state index is 0.00763. The van der Waals surface area contributed by atoms with Gasteiger partial charge in [-0.1, -0.05) is 0 Å². The topological polar surface area (TPSA) is 80.1 Å². The maximum absolute atomic E-state index is 10.6. The van der Waals surface area contributed by atoms with Gasteiger partial charge in [-0.25, -0.2) is 4.98 Å². The Bertz CT molecular complexity index is 435. The second kappa shape index (κ2) is 6.10. The van der Waals surface area contributed by atoms with Gasteiger partial charge < -0.3 is 10.6 Å². The minimum atomic E-state index is -0.452.